The van der Waals surface area contributed by atoms with Crippen molar-refractivity contribution in [3.05, 3.63) is 75.7 Å². The number of hydrogen-bond acceptors (Lipinski definition) is 9. The fraction of sp³-hybridized carbons (Fsp3) is 0.250. The van der Waals surface area contributed by atoms with Crippen molar-refractivity contribution in [3.63, 3.8) is 0 Å². The monoisotopic (exact) mass is 546 g/mol. The zero-order valence-corrected chi connectivity index (χ0v) is 22.8. The van der Waals surface area contributed by atoms with Crippen molar-refractivity contribution < 1.29 is 29.0 Å². The molecule has 0 spiro atoms. The van der Waals surface area contributed by atoms with E-state index < -0.39 is 17.7 Å². The van der Waals surface area contributed by atoms with Crippen LogP contribution >= 0.6 is 11.3 Å². The van der Waals surface area contributed by atoms with Crippen LogP contribution in [0, 0.1) is 13.8 Å². The number of Topliss-reactive ketones (excluding diaryl/α,β-unsaturated/α-hetero) is 2. The largest absolute Gasteiger partial charge is 0.505 e. The number of thiazole rings is 1. The highest BCUT2D eigenvalue weighted by molar-refractivity contribution is 7.18. The molecule has 4 aromatic rings. The van der Waals surface area contributed by atoms with Gasteiger partial charge in [0, 0.05) is 13.1 Å². The minimum Gasteiger partial charge on any atom is -0.505 e. The maximum Gasteiger partial charge on any atom is 0.301 e. The normalized spacial score (nSPS) is 16.7. The number of fused-ring (bicyclic) bond motifs is 1. The summed E-state index contributed by atoms with van der Waals surface area (Å²) < 4.78 is 12.8. The first-order chi connectivity index (χ1) is 18.7. The average molecular weight is 547 g/mol. The highest BCUT2D eigenvalue weighted by atomic mass is 32.1. The molecule has 1 aromatic carbocycles. The second-order valence-electron chi connectivity index (χ2n) is 8.95. The molecule has 1 saturated heterocycles. The second kappa shape index (κ2) is 9.99. The van der Waals surface area contributed by atoms with Crippen LogP contribution in [0.2, 0.25) is 0 Å². The Morgan fingerprint density at radius 1 is 1.10 bits per heavy atom. The molecule has 5 rings (SSSR count). The summed E-state index contributed by atoms with van der Waals surface area (Å²) in [6.07, 6.45) is 1.72. The number of imidazole rings is 1. The number of carbonyl (C=O) groups is 3. The molecular weight excluding hydrogens is 520 g/mol. The number of aliphatic hydroxyl groups excluding tert-OH is 1. The van der Waals surface area contributed by atoms with Crippen LogP contribution in [0.5, 0.6) is 11.5 Å². The molecule has 3 aromatic heterocycles. The van der Waals surface area contributed by atoms with Gasteiger partial charge in [0.15, 0.2) is 28.2 Å². The number of pyridine rings is 1. The van der Waals surface area contributed by atoms with E-state index >= 15 is 0 Å². The van der Waals surface area contributed by atoms with Crippen molar-refractivity contribution in [2.45, 2.75) is 33.7 Å². The molecule has 11 heteroatoms. The zero-order chi connectivity index (χ0) is 28.0. The van der Waals surface area contributed by atoms with Crippen LogP contribution in [-0.2, 0) is 9.59 Å². The molecule has 1 unspecified atom stereocenters. The van der Waals surface area contributed by atoms with Gasteiger partial charge in [-0.2, -0.15) is 0 Å². The Balaban J connectivity index is 1.79. The average Bonchev–Trinajstić information content (AvgIpc) is 3.54. The van der Waals surface area contributed by atoms with Gasteiger partial charge in [-0.1, -0.05) is 23.5 Å². The van der Waals surface area contributed by atoms with Gasteiger partial charge in [0.05, 0.1) is 41.6 Å². The smallest absolute Gasteiger partial charge is 0.301 e. The molecule has 1 amide bonds. The topological polar surface area (TPSA) is 123 Å². The van der Waals surface area contributed by atoms with Crippen molar-refractivity contribution in [3.8, 4) is 11.5 Å². The van der Waals surface area contributed by atoms with E-state index in [1.165, 1.54) is 18.9 Å². The fourth-order valence-electron chi connectivity index (χ4n) is 4.81. The molecule has 39 heavy (non-hydrogen) atoms. The molecule has 200 valence electrons. The maximum absolute atomic E-state index is 13.6. The van der Waals surface area contributed by atoms with Gasteiger partial charge >= 0.3 is 5.91 Å². The third-order valence-corrected chi connectivity index (χ3v) is 7.74. The Morgan fingerprint density at radius 3 is 2.54 bits per heavy atom. The van der Waals surface area contributed by atoms with Crippen molar-refractivity contribution in [1.29, 1.82) is 0 Å². The van der Waals surface area contributed by atoms with Crippen LogP contribution in [-0.4, -0.2) is 50.7 Å². The third-order valence-electron chi connectivity index (χ3n) is 6.49. The number of benzene rings is 1. The lowest BCUT2D eigenvalue weighted by Crippen LogP contribution is -2.29. The molecule has 1 N–H and O–H groups in total. The summed E-state index contributed by atoms with van der Waals surface area (Å²) >= 11 is 1.02. The number of nitrogens with zero attached hydrogens (tertiary/aromatic N) is 4. The molecular formula is C28H26N4O6S. The van der Waals surface area contributed by atoms with Crippen molar-refractivity contribution in [1.82, 2.24) is 14.4 Å². The predicted molar refractivity (Wildman–Crippen MR) is 146 cm³/mol. The lowest BCUT2D eigenvalue weighted by molar-refractivity contribution is -0.132. The first-order valence-electron chi connectivity index (χ1n) is 12.2. The first-order valence-corrected chi connectivity index (χ1v) is 13.0. The van der Waals surface area contributed by atoms with Crippen molar-refractivity contribution in [2.75, 3.05) is 18.6 Å². The molecule has 1 aliphatic heterocycles. The molecule has 1 aliphatic rings. The number of rotatable bonds is 7. The van der Waals surface area contributed by atoms with Crippen LogP contribution in [0.15, 0.2) is 48.2 Å². The molecule has 0 radical (unpaired) electrons. The van der Waals surface area contributed by atoms with Gasteiger partial charge in [0.2, 0.25) is 0 Å². The van der Waals surface area contributed by atoms with Gasteiger partial charge in [0.1, 0.15) is 11.3 Å². The molecule has 1 fully saturated rings. The molecule has 0 bridgehead atoms. The number of ether oxygens (including phenoxy) is 2. The Labute approximate surface area is 228 Å². The number of ketones is 2. The first kappa shape index (κ1) is 26.1. The highest BCUT2D eigenvalue weighted by Crippen LogP contribution is 2.45. The maximum atomic E-state index is 13.6. The summed E-state index contributed by atoms with van der Waals surface area (Å²) in [5, 5.41) is 11.9. The Morgan fingerprint density at radius 2 is 1.87 bits per heavy atom. The lowest BCUT2D eigenvalue weighted by Gasteiger charge is -2.24. The number of methoxy groups -OCH3 is 1. The number of amides is 1. The number of aryl methyl sites for hydroxylation is 2. The van der Waals surface area contributed by atoms with E-state index in [0.717, 1.165) is 11.3 Å². The van der Waals surface area contributed by atoms with E-state index in [1.54, 1.807) is 54.8 Å². The highest BCUT2D eigenvalue weighted by Gasteiger charge is 2.49. The number of aromatic nitrogens is 3. The molecule has 0 aliphatic carbocycles. The zero-order valence-electron chi connectivity index (χ0n) is 22.0. The Hall–Kier alpha value is -4.51. The molecule has 10 nitrogen and oxygen atoms in total. The minimum absolute atomic E-state index is 0.128. The molecule has 1 atom stereocenters. The van der Waals surface area contributed by atoms with Gasteiger partial charge in [-0.15, -0.1) is 0 Å². The lowest BCUT2D eigenvalue weighted by atomic mass is 9.96. The van der Waals surface area contributed by atoms with Crippen molar-refractivity contribution in [2.24, 2.45) is 0 Å². The summed E-state index contributed by atoms with van der Waals surface area (Å²) in [4.78, 5) is 49.9. The van der Waals surface area contributed by atoms with Crippen LogP contribution in [0.25, 0.3) is 11.4 Å². The summed E-state index contributed by atoms with van der Waals surface area (Å²) in [6.45, 7) is 7.06. The van der Waals surface area contributed by atoms with Crippen LogP contribution in [0.1, 0.15) is 52.2 Å². The third kappa shape index (κ3) is 4.24. The SMILES string of the molecule is CCOc1ccc(C2/C(=C(\O)c3c(C)nc4ccccn34)C(=O)C(=O)N2c2nc(C)c(C(C)=O)s2)cc1OC. The van der Waals surface area contributed by atoms with E-state index in [0.29, 0.717) is 51.3 Å². The van der Waals surface area contributed by atoms with Crippen LogP contribution in [0.4, 0.5) is 5.13 Å². The van der Waals surface area contributed by atoms with Crippen molar-refractivity contribution >= 4 is 45.3 Å². The quantitative estimate of drug-likeness (QED) is 0.154. The number of aliphatic hydroxyl groups is 1. The number of hydrogen-bond donors (Lipinski definition) is 1. The standard InChI is InChI=1S/C28H26N4O6S/c1-6-38-18-11-10-17(13-19(18)37-5)23-21(24(34)22-14(2)29-20-9-7-8-12-31(20)22)25(35)27(36)32(23)28-30-15(3)26(39-28)16(4)33/h7-13,23,34H,6H2,1-5H3/b24-21+. The Kier molecular flexibility index (Phi) is 6.69. The van der Waals surface area contributed by atoms with Crippen LogP contribution < -0.4 is 14.4 Å². The van der Waals surface area contributed by atoms with E-state index in [-0.39, 0.29) is 22.2 Å². The van der Waals surface area contributed by atoms with E-state index in [9.17, 15) is 19.5 Å². The number of anilines is 1. The molecule has 0 saturated carbocycles. The summed E-state index contributed by atoms with van der Waals surface area (Å²) in [5.41, 5.74) is 2.16. The number of carbonyl (C=O) groups excluding carboxylic acids is 3. The van der Waals surface area contributed by atoms with Gasteiger partial charge < -0.3 is 14.6 Å². The van der Waals surface area contributed by atoms with E-state index in [1.807, 2.05) is 13.0 Å². The fourth-order valence-corrected chi connectivity index (χ4v) is 5.80. The van der Waals surface area contributed by atoms with E-state index in [2.05, 4.69) is 9.97 Å². The van der Waals surface area contributed by atoms with Gasteiger partial charge in [-0.3, -0.25) is 23.7 Å². The predicted octanol–water partition coefficient (Wildman–Crippen LogP) is 4.64. The van der Waals surface area contributed by atoms with E-state index in [4.69, 9.17) is 9.47 Å². The summed E-state index contributed by atoms with van der Waals surface area (Å²) in [6, 6.07) is 9.36. The minimum atomic E-state index is -1.06. The Bertz CT molecular complexity index is 1680. The molecule has 4 heterocycles. The van der Waals surface area contributed by atoms with Gasteiger partial charge in [0.25, 0.3) is 5.78 Å². The van der Waals surface area contributed by atoms with Gasteiger partial charge in [-0.25, -0.2) is 9.97 Å². The van der Waals surface area contributed by atoms with Gasteiger partial charge in [-0.05, 0) is 50.6 Å². The van der Waals surface area contributed by atoms with Crippen LogP contribution in [0.3, 0.4) is 0 Å². The summed E-state index contributed by atoms with van der Waals surface area (Å²) in [7, 11) is 1.49. The summed E-state index contributed by atoms with van der Waals surface area (Å²) in [5.74, 6) is -1.44. The second-order valence-corrected chi connectivity index (χ2v) is 9.93.